The molecular weight excluding hydrogens is 602 g/mol. The molecule has 3 aromatic carbocycles. The van der Waals surface area contributed by atoms with Gasteiger partial charge in [0.1, 0.15) is 17.6 Å². The Morgan fingerprint density at radius 3 is 2.40 bits per heavy atom. The number of fused-ring (bicyclic) bond motifs is 1. The number of benzene rings is 3. The highest BCUT2D eigenvalue weighted by molar-refractivity contribution is 5.94. The largest absolute Gasteiger partial charge is 0.505 e. The standard InChI is InChI=1S/C28H28FN5O4.C2HF3O2/c1-3-38-21-13-23(25(29)24(36)14-21)26(34-20-7-8-22-18(12-20)9-10-31-27(22)30)28(37)32-15-17-5-4-6-19(11-17)33-16(2)35;3-2(4,5)1(6)7/h4-14,26,34,36H,3,15H2,1-2H3,(H2,30,31)(H,32,37)(H,33,35);(H,6,7). The highest BCUT2D eigenvalue weighted by Gasteiger charge is 2.38. The van der Waals surface area contributed by atoms with Gasteiger partial charge < -0.3 is 36.6 Å². The average Bonchev–Trinajstić information content (AvgIpc) is 2.96. The third kappa shape index (κ3) is 9.44. The number of aromatic nitrogens is 1. The van der Waals surface area contributed by atoms with Crippen LogP contribution < -0.4 is 26.4 Å². The van der Waals surface area contributed by atoms with Crippen LogP contribution in [0, 0.1) is 5.82 Å². The van der Waals surface area contributed by atoms with Crippen molar-refractivity contribution >= 4 is 45.7 Å². The fourth-order valence-corrected chi connectivity index (χ4v) is 4.06. The topological polar surface area (TPSA) is 176 Å². The van der Waals surface area contributed by atoms with Gasteiger partial charge in [0.25, 0.3) is 0 Å². The number of aliphatic carboxylic acids is 1. The number of carbonyl (C=O) groups excluding carboxylic acids is 2. The van der Waals surface area contributed by atoms with Crippen LogP contribution in [0.4, 0.5) is 34.8 Å². The second-order valence-electron chi connectivity index (χ2n) is 9.39. The number of anilines is 3. The molecule has 15 heteroatoms. The van der Waals surface area contributed by atoms with Crippen LogP contribution in [0.2, 0.25) is 0 Å². The Morgan fingerprint density at radius 1 is 1.04 bits per heavy atom. The molecule has 0 saturated heterocycles. The number of ether oxygens (including phenoxy) is 1. The molecule has 0 aliphatic carbocycles. The Kier molecular flexibility index (Phi) is 11.1. The van der Waals surface area contributed by atoms with Crippen LogP contribution in [0.25, 0.3) is 10.8 Å². The summed E-state index contributed by atoms with van der Waals surface area (Å²) in [6.45, 7) is 3.57. The lowest BCUT2D eigenvalue weighted by Gasteiger charge is -2.22. The Morgan fingerprint density at radius 2 is 1.76 bits per heavy atom. The second-order valence-corrected chi connectivity index (χ2v) is 9.39. The van der Waals surface area contributed by atoms with Gasteiger partial charge in [-0.1, -0.05) is 12.1 Å². The molecule has 1 unspecified atom stereocenters. The fraction of sp³-hybridized carbons (Fsp3) is 0.200. The van der Waals surface area contributed by atoms with Crippen LogP contribution in [-0.4, -0.2) is 45.8 Å². The molecule has 1 aromatic heterocycles. The van der Waals surface area contributed by atoms with Gasteiger partial charge >= 0.3 is 12.1 Å². The summed E-state index contributed by atoms with van der Waals surface area (Å²) < 4.78 is 52.4. The molecule has 11 nitrogen and oxygen atoms in total. The predicted octanol–water partition coefficient (Wildman–Crippen LogP) is 5.12. The van der Waals surface area contributed by atoms with Gasteiger partial charge in [0.15, 0.2) is 11.6 Å². The lowest BCUT2D eigenvalue weighted by Crippen LogP contribution is -2.33. The van der Waals surface area contributed by atoms with E-state index < -0.39 is 35.7 Å². The van der Waals surface area contributed by atoms with Gasteiger partial charge in [-0.05, 0) is 60.3 Å². The van der Waals surface area contributed by atoms with Crippen molar-refractivity contribution in [3.63, 3.8) is 0 Å². The minimum Gasteiger partial charge on any atom is -0.505 e. The SMILES string of the molecule is CCOc1cc(O)c(F)c(C(Nc2ccc3c(N)nccc3c2)C(=O)NCc2cccc(NC(C)=O)c2)c1.O=C(O)C(F)(F)F. The normalized spacial score (nSPS) is 11.5. The molecule has 0 bridgehead atoms. The molecule has 0 aliphatic rings. The molecule has 0 aliphatic heterocycles. The number of alkyl halides is 3. The van der Waals surface area contributed by atoms with E-state index in [9.17, 15) is 27.9 Å². The number of phenols is 1. The third-order valence-corrected chi connectivity index (χ3v) is 6.00. The van der Waals surface area contributed by atoms with Gasteiger partial charge in [-0.25, -0.2) is 14.2 Å². The summed E-state index contributed by atoms with van der Waals surface area (Å²) in [5.74, 6) is -4.50. The van der Waals surface area contributed by atoms with Gasteiger partial charge in [0.05, 0.1) is 6.61 Å². The van der Waals surface area contributed by atoms with E-state index in [2.05, 4.69) is 20.9 Å². The van der Waals surface area contributed by atoms with E-state index in [0.29, 0.717) is 23.8 Å². The summed E-state index contributed by atoms with van der Waals surface area (Å²) in [4.78, 5) is 37.8. The third-order valence-electron chi connectivity index (χ3n) is 6.00. The van der Waals surface area contributed by atoms with Crippen LogP contribution in [0.15, 0.2) is 66.9 Å². The fourth-order valence-electron chi connectivity index (χ4n) is 4.06. The lowest BCUT2D eigenvalue weighted by atomic mass is 10.0. The number of aromatic hydroxyl groups is 1. The minimum atomic E-state index is -5.08. The molecule has 0 saturated carbocycles. The molecule has 45 heavy (non-hydrogen) atoms. The first-order valence-corrected chi connectivity index (χ1v) is 13.2. The molecular formula is C30H29F4N5O6. The number of amides is 2. The van der Waals surface area contributed by atoms with E-state index in [1.54, 1.807) is 61.7 Å². The maximum Gasteiger partial charge on any atom is 0.490 e. The molecule has 0 radical (unpaired) electrons. The number of nitrogens with two attached hydrogens (primary N) is 1. The highest BCUT2D eigenvalue weighted by Crippen LogP contribution is 2.33. The zero-order valence-electron chi connectivity index (χ0n) is 23.9. The second kappa shape index (κ2) is 14.7. The number of hydrogen-bond acceptors (Lipinski definition) is 8. The number of rotatable bonds is 9. The summed E-state index contributed by atoms with van der Waals surface area (Å²) in [7, 11) is 0. The Hall–Kier alpha value is -5.60. The van der Waals surface area contributed by atoms with Crippen molar-refractivity contribution in [3.05, 3.63) is 83.8 Å². The molecule has 238 valence electrons. The molecule has 1 atom stereocenters. The molecule has 4 aromatic rings. The molecule has 2 amide bonds. The van der Waals surface area contributed by atoms with Crippen molar-refractivity contribution in [2.24, 2.45) is 0 Å². The van der Waals surface area contributed by atoms with Crippen molar-refractivity contribution < 1.29 is 46.9 Å². The smallest absolute Gasteiger partial charge is 0.490 e. The quantitative estimate of drug-likeness (QED) is 0.137. The first-order chi connectivity index (χ1) is 21.2. The number of carboxylic acids is 1. The van der Waals surface area contributed by atoms with Crippen molar-refractivity contribution in [2.75, 3.05) is 23.0 Å². The predicted molar refractivity (Wildman–Crippen MR) is 158 cm³/mol. The number of hydrogen-bond donors (Lipinski definition) is 6. The zero-order chi connectivity index (χ0) is 33.3. The van der Waals surface area contributed by atoms with Crippen molar-refractivity contribution in [1.29, 1.82) is 0 Å². The molecule has 1 heterocycles. The minimum absolute atomic E-state index is 0.0905. The molecule has 7 N–H and O–H groups in total. The van der Waals surface area contributed by atoms with Gasteiger partial charge in [0.2, 0.25) is 11.8 Å². The van der Waals surface area contributed by atoms with Gasteiger partial charge in [-0.15, -0.1) is 0 Å². The van der Waals surface area contributed by atoms with Gasteiger partial charge in [0, 0.05) is 48.1 Å². The highest BCUT2D eigenvalue weighted by atomic mass is 19.4. The number of pyridine rings is 1. The first-order valence-electron chi connectivity index (χ1n) is 13.2. The average molecular weight is 632 g/mol. The van der Waals surface area contributed by atoms with E-state index in [4.69, 9.17) is 20.4 Å². The Labute approximate surface area is 254 Å². The summed E-state index contributed by atoms with van der Waals surface area (Å²) in [6.07, 6.45) is -3.51. The van der Waals surface area contributed by atoms with E-state index in [-0.39, 0.29) is 23.8 Å². The number of halogens is 4. The van der Waals surface area contributed by atoms with E-state index in [1.165, 1.54) is 13.0 Å². The lowest BCUT2D eigenvalue weighted by molar-refractivity contribution is -0.192. The van der Waals surface area contributed by atoms with Crippen LogP contribution >= 0.6 is 0 Å². The summed E-state index contributed by atoms with van der Waals surface area (Å²) in [5, 5.41) is 27.4. The molecule has 4 rings (SSSR count). The number of nitrogen functional groups attached to an aromatic ring is 1. The van der Waals surface area contributed by atoms with Crippen molar-refractivity contribution in [1.82, 2.24) is 10.3 Å². The molecule has 0 fully saturated rings. The number of carboxylic acid groups (broad SMARTS) is 1. The number of nitrogens with one attached hydrogen (secondary N) is 3. The van der Waals surface area contributed by atoms with Gasteiger partial charge in [-0.3, -0.25) is 9.59 Å². The Balaban J connectivity index is 0.000000707. The summed E-state index contributed by atoms with van der Waals surface area (Å²) in [6, 6.07) is 15.3. The first kappa shape index (κ1) is 33.9. The summed E-state index contributed by atoms with van der Waals surface area (Å²) in [5.41, 5.74) is 7.70. The monoisotopic (exact) mass is 631 g/mol. The number of phenolic OH excluding ortho intramolecular Hbond substituents is 1. The van der Waals surface area contributed by atoms with Crippen LogP contribution in [0.1, 0.15) is 31.0 Å². The van der Waals surface area contributed by atoms with Crippen LogP contribution in [0.5, 0.6) is 11.5 Å². The van der Waals surface area contributed by atoms with Gasteiger partial charge in [-0.2, -0.15) is 13.2 Å². The number of nitrogens with zero attached hydrogens (tertiary/aromatic N) is 1. The van der Waals surface area contributed by atoms with Crippen LogP contribution in [0.3, 0.4) is 0 Å². The van der Waals surface area contributed by atoms with Crippen LogP contribution in [-0.2, 0) is 20.9 Å². The van der Waals surface area contributed by atoms with E-state index >= 15 is 4.39 Å². The van der Waals surface area contributed by atoms with E-state index in [0.717, 1.165) is 22.4 Å². The molecule has 0 spiro atoms. The van der Waals surface area contributed by atoms with Crippen molar-refractivity contribution in [2.45, 2.75) is 32.6 Å². The Bertz CT molecular complexity index is 1700. The van der Waals surface area contributed by atoms with Crippen molar-refractivity contribution in [3.8, 4) is 11.5 Å². The maximum absolute atomic E-state index is 15.2. The number of carbonyl (C=O) groups is 3. The summed E-state index contributed by atoms with van der Waals surface area (Å²) >= 11 is 0. The maximum atomic E-state index is 15.2. The van der Waals surface area contributed by atoms with E-state index in [1.807, 2.05) is 0 Å². The zero-order valence-corrected chi connectivity index (χ0v) is 23.9.